The predicted molar refractivity (Wildman–Crippen MR) is 577 cm³/mol. The zero-order chi connectivity index (χ0) is 103. The second-order valence-electron chi connectivity index (χ2n) is 39.0. The molecule has 18 heterocycles. The monoisotopic (exact) mass is 1980 g/mol. The van der Waals surface area contributed by atoms with Crippen LogP contribution >= 0.6 is 0 Å². The second-order valence-corrected chi connectivity index (χ2v) is 39.0. The van der Waals surface area contributed by atoms with E-state index in [0.717, 1.165) is 170 Å². The van der Waals surface area contributed by atoms with Crippen LogP contribution in [0.25, 0.3) is 107 Å². The summed E-state index contributed by atoms with van der Waals surface area (Å²) in [6.45, 7) is 16.0. The Balaban J connectivity index is 0.000000116. The van der Waals surface area contributed by atoms with Gasteiger partial charge >= 0.3 is 0 Å². The smallest absolute Gasteiger partial charge is 0.258 e. The standard InChI is InChI=1S/C24H28N4O3.C24H30N4O3.C23H23N3O3.C22H23N5O2.C21H21N3O3/c1-15-7-19(27-12-17-10-26(2)11-18(17)13-27)14-28-23(29)9-20(25-24(15)28)16-5-6-21(30-3)22(8-16)31-4;1-16-12-19(27-10-8-18(9-11-27)26(2)3)15-28-23(29)14-20(25-24(16)28)17-6-7-21(30-4)22(13-17)31-5;1-28-20-7-3-14(11-21(20)29-2)19-12-23(27)26-13-15(4-8-22(26)25-19)16-9-17-5-6-18(10-16)24-17;1-14-23-18-6-4-15(10-20(18)29-14)19-11-22(28)27-13-17(5-7-21(27)24-19)26-9-8-16(12-26)25(2)3;1-26-18-7-5-14(10-19(18)27-2)17-11-21(25)24-13-16(6-8-20(24)23-17)15-4-3-9-22-12-15/h5-9,14,17-18H,10-13H2,1-4H3;6-7,12-15,18H,8-11H2,1-5H3;3-4,7-9,11-13,17-18,24H,5-6,10H2,1-2H3;4-7,10-11,13,16H,8-9,12H2,1-3H3;4-8,10-11,13,22H,3,9,12H2,1-2H3/t17-,18+;;17-,18+;16-;/m..11./s1. The number of nitrogens with one attached hydrogen (secondary N) is 2. The van der Waals surface area contributed by atoms with E-state index in [1.807, 2.05) is 173 Å². The fourth-order valence-corrected chi connectivity index (χ4v) is 21.1. The average molecular weight is 1990 g/mol. The Morgan fingerprint density at radius 3 is 1.21 bits per heavy atom. The minimum atomic E-state index is -0.115. The summed E-state index contributed by atoms with van der Waals surface area (Å²) in [5, 5.41) is 6.96. The van der Waals surface area contributed by atoms with Crippen LogP contribution in [0.15, 0.2) is 241 Å². The molecule has 0 radical (unpaired) electrons. The van der Waals surface area contributed by atoms with E-state index in [0.29, 0.717) is 150 Å². The highest BCUT2D eigenvalue weighted by molar-refractivity contribution is 5.81. The number of piperidine rings is 1. The van der Waals surface area contributed by atoms with Gasteiger partial charge in [0, 0.05) is 179 Å². The molecular weight excluding hydrogens is 1860 g/mol. The fourth-order valence-electron chi connectivity index (χ4n) is 21.1. The Morgan fingerprint density at radius 2 is 0.769 bits per heavy atom. The number of aryl methyl sites for hydroxylation is 3. The lowest BCUT2D eigenvalue weighted by Gasteiger charge is -2.36. The van der Waals surface area contributed by atoms with Crippen LogP contribution in [0, 0.1) is 32.6 Å². The molecule has 7 aliphatic rings. The molecule has 2 bridgehead atoms. The molecule has 760 valence electrons. The first-order valence-corrected chi connectivity index (χ1v) is 49.8. The summed E-state index contributed by atoms with van der Waals surface area (Å²) in [6.07, 6.45) is 21.9. The summed E-state index contributed by atoms with van der Waals surface area (Å²) >= 11 is 0. The zero-order valence-corrected chi connectivity index (χ0v) is 86.0. The molecule has 16 aromatic rings. The molecule has 0 saturated carbocycles. The summed E-state index contributed by atoms with van der Waals surface area (Å²) < 4.78 is 56.5. The molecule has 5 aromatic carbocycles. The number of nitrogens with zero attached hydrogens (tertiary/aromatic N) is 17. The third-order valence-corrected chi connectivity index (χ3v) is 29.1. The molecule has 0 aliphatic carbocycles. The first-order chi connectivity index (χ1) is 71.2. The normalized spacial score (nSPS) is 17.6. The van der Waals surface area contributed by atoms with Crippen LogP contribution in [0.2, 0.25) is 0 Å². The van der Waals surface area contributed by atoms with Crippen LogP contribution in [-0.4, -0.2) is 248 Å². The van der Waals surface area contributed by atoms with E-state index in [9.17, 15) is 24.0 Å². The van der Waals surface area contributed by atoms with Gasteiger partial charge in [0.1, 0.15) is 33.8 Å². The van der Waals surface area contributed by atoms with Crippen LogP contribution in [0.4, 0.5) is 17.1 Å². The molecule has 33 heteroatoms. The molecule has 11 aromatic heterocycles. The number of likely N-dealkylation sites (tertiary alicyclic amines) is 1. The number of aromatic nitrogens is 11. The summed E-state index contributed by atoms with van der Waals surface area (Å²) in [7, 11) is 23.5. The Kier molecular flexibility index (Phi) is 29.6. The minimum absolute atomic E-state index is 0.0844. The first-order valence-electron chi connectivity index (χ1n) is 49.8. The number of ether oxygens (including phenoxy) is 8. The van der Waals surface area contributed by atoms with Crippen molar-refractivity contribution in [3.63, 3.8) is 0 Å². The van der Waals surface area contributed by atoms with Crippen LogP contribution in [0.5, 0.6) is 46.0 Å². The average Bonchev–Trinajstić information content (AvgIpc) is 1.71. The summed E-state index contributed by atoms with van der Waals surface area (Å²) in [6, 6.07) is 54.0. The maximum absolute atomic E-state index is 13.1. The Morgan fingerprint density at radius 1 is 0.367 bits per heavy atom. The molecule has 5 atom stereocenters. The molecule has 5 saturated heterocycles. The van der Waals surface area contributed by atoms with Crippen LogP contribution in [0.1, 0.15) is 73.1 Å². The number of likely N-dealkylation sites (N-methyl/N-ethyl adjacent to an activating group) is 1. The SMILES string of the molecule is COc1ccc(-c2cc(=O)n3cc(C4=CCCNC4)ccc3n2)cc1OC.COc1ccc(-c2cc(=O)n3cc(C4=C[C@H]5CC[C@@H](C4)N5)ccc3n2)cc1OC.COc1ccc(-c2cc(=O)n3cc(N4CCC(N(C)C)CC4)cc(C)c3n2)cc1OC.COc1ccc(-c2cc(=O)n3cc(N4C[C@H]5CN(C)C[C@H]5C4)cc(C)c3n2)cc1OC.Cc1nc2ccc(-c3cc(=O)n4cc(N5CC[C@@H](N(C)C)C5)ccc4n3)cc2o1. The lowest BCUT2D eigenvalue weighted by atomic mass is 9.97. The number of oxazole rings is 1. The lowest BCUT2D eigenvalue weighted by Crippen LogP contribution is -2.42. The number of benzene rings is 5. The number of fused-ring (bicyclic) bond motifs is 9. The van der Waals surface area contributed by atoms with E-state index in [-0.39, 0.29) is 27.8 Å². The highest BCUT2D eigenvalue weighted by atomic mass is 16.5. The van der Waals surface area contributed by atoms with Crippen molar-refractivity contribution in [3.8, 4) is 102 Å². The molecular formula is C114H125N19O14. The van der Waals surface area contributed by atoms with E-state index in [4.69, 9.17) is 62.2 Å². The van der Waals surface area contributed by atoms with Crippen molar-refractivity contribution in [3.05, 3.63) is 293 Å². The lowest BCUT2D eigenvalue weighted by molar-refractivity contribution is 0.249. The zero-order valence-electron chi connectivity index (χ0n) is 86.0. The summed E-state index contributed by atoms with van der Waals surface area (Å²) in [5.74, 6) is 7.03. The van der Waals surface area contributed by atoms with Crippen molar-refractivity contribution in [1.29, 1.82) is 0 Å². The second kappa shape index (κ2) is 43.4. The number of rotatable bonds is 20. The topological polar surface area (TPSA) is 315 Å². The number of methoxy groups -OCH3 is 8. The van der Waals surface area contributed by atoms with Gasteiger partial charge in [0.2, 0.25) is 0 Å². The summed E-state index contributed by atoms with van der Waals surface area (Å²) in [5.41, 5.74) is 21.3. The van der Waals surface area contributed by atoms with E-state index in [1.165, 1.54) is 24.0 Å². The highest BCUT2D eigenvalue weighted by Crippen LogP contribution is 2.41. The van der Waals surface area contributed by atoms with Crippen molar-refractivity contribution in [2.24, 2.45) is 11.8 Å². The van der Waals surface area contributed by atoms with Crippen molar-refractivity contribution >= 4 is 67.5 Å². The number of hydrogen-bond donors (Lipinski definition) is 2. The molecule has 33 nitrogen and oxygen atoms in total. The number of hydrogen-bond acceptors (Lipinski definition) is 28. The third-order valence-electron chi connectivity index (χ3n) is 29.1. The van der Waals surface area contributed by atoms with Crippen molar-refractivity contribution in [2.45, 2.75) is 89.9 Å². The molecule has 147 heavy (non-hydrogen) atoms. The molecule has 5 fully saturated rings. The predicted octanol–water partition coefficient (Wildman–Crippen LogP) is 14.9. The summed E-state index contributed by atoms with van der Waals surface area (Å²) in [4.78, 5) is 107. The van der Waals surface area contributed by atoms with Gasteiger partial charge in [0.25, 0.3) is 27.8 Å². The van der Waals surface area contributed by atoms with Gasteiger partial charge in [-0.1, -0.05) is 18.2 Å². The Hall–Kier alpha value is -15.6. The van der Waals surface area contributed by atoms with Gasteiger partial charge in [-0.05, 0) is 279 Å². The van der Waals surface area contributed by atoms with Crippen LogP contribution in [-0.2, 0) is 0 Å². The van der Waals surface area contributed by atoms with Crippen LogP contribution < -0.4 is 91.0 Å². The molecule has 2 N–H and O–H groups in total. The Bertz CT molecular complexity index is 8040. The van der Waals surface area contributed by atoms with Gasteiger partial charge in [-0.15, -0.1) is 0 Å². The van der Waals surface area contributed by atoms with Gasteiger partial charge in [-0.25, -0.2) is 29.9 Å². The largest absolute Gasteiger partial charge is 0.493 e. The van der Waals surface area contributed by atoms with Gasteiger partial charge < -0.3 is 82.3 Å². The van der Waals surface area contributed by atoms with Gasteiger partial charge in [0.15, 0.2) is 57.5 Å². The molecule has 0 amide bonds. The van der Waals surface area contributed by atoms with E-state index < -0.39 is 0 Å². The maximum atomic E-state index is 13.1. The van der Waals surface area contributed by atoms with Gasteiger partial charge in [-0.2, -0.15) is 0 Å². The molecule has 23 rings (SSSR count). The van der Waals surface area contributed by atoms with E-state index in [1.54, 1.807) is 109 Å². The van der Waals surface area contributed by atoms with Crippen molar-refractivity contribution < 1.29 is 42.3 Å². The highest BCUT2D eigenvalue weighted by Gasteiger charge is 2.40. The first kappa shape index (κ1) is 100. The van der Waals surface area contributed by atoms with E-state index in [2.05, 4.69) is 116 Å². The van der Waals surface area contributed by atoms with Gasteiger partial charge in [0.05, 0.1) is 102 Å². The quantitative estimate of drug-likeness (QED) is 0.0716. The van der Waals surface area contributed by atoms with Crippen molar-refractivity contribution in [2.75, 3.05) is 172 Å². The van der Waals surface area contributed by atoms with Gasteiger partial charge in [-0.3, -0.25) is 46.0 Å². The number of pyridine rings is 5. The van der Waals surface area contributed by atoms with Crippen LogP contribution in [0.3, 0.4) is 0 Å². The maximum Gasteiger partial charge on any atom is 0.258 e. The third kappa shape index (κ3) is 21.5. The Labute approximate surface area is 851 Å². The van der Waals surface area contributed by atoms with Crippen molar-refractivity contribution in [1.82, 2.24) is 77.2 Å². The number of anilines is 3. The fraction of sp³-hybridized carbons (Fsp3) is 0.342. The molecule has 0 spiro atoms. The molecule has 7 aliphatic heterocycles. The van der Waals surface area contributed by atoms with E-state index >= 15 is 0 Å². The molecule has 0 unspecified atom stereocenters. The minimum Gasteiger partial charge on any atom is -0.493 e.